The maximum Gasteiger partial charge on any atom is 0.328 e. The van der Waals surface area contributed by atoms with Gasteiger partial charge in [0, 0.05) is 24.5 Å². The molecule has 0 aliphatic rings. The fourth-order valence-electron chi connectivity index (χ4n) is 1.05. The van der Waals surface area contributed by atoms with Crippen LogP contribution in [0.5, 0.6) is 0 Å². The zero-order valence-electron chi connectivity index (χ0n) is 8.92. The van der Waals surface area contributed by atoms with Gasteiger partial charge in [0.25, 0.3) is 0 Å². The van der Waals surface area contributed by atoms with Gasteiger partial charge in [0.2, 0.25) is 0 Å². The van der Waals surface area contributed by atoms with Crippen LogP contribution < -0.4 is 10.6 Å². The second-order valence-electron chi connectivity index (χ2n) is 3.15. The van der Waals surface area contributed by atoms with E-state index in [9.17, 15) is 9.59 Å². The van der Waals surface area contributed by atoms with Gasteiger partial charge >= 0.3 is 12.0 Å². The smallest absolute Gasteiger partial charge is 0.328 e. The lowest BCUT2D eigenvalue weighted by atomic mass is 10.3. The molecule has 1 unspecified atom stereocenters. The summed E-state index contributed by atoms with van der Waals surface area (Å²) in [6.45, 7) is -0.285. The maximum atomic E-state index is 11.2. The molecule has 2 amide bonds. The molecule has 1 aromatic heterocycles. The van der Waals surface area contributed by atoms with Crippen LogP contribution in [0.3, 0.4) is 0 Å². The molecule has 1 heterocycles. The third-order valence-corrected chi connectivity index (χ3v) is 2.73. The number of aromatic nitrogens is 1. The van der Waals surface area contributed by atoms with Crippen LogP contribution in [0.2, 0.25) is 0 Å². The number of hydrogen-bond donors (Lipinski definition) is 4. The van der Waals surface area contributed by atoms with Crippen LogP contribution in [0.1, 0.15) is 5.01 Å². The Morgan fingerprint density at radius 3 is 2.82 bits per heavy atom. The molecule has 8 heteroatoms. The molecule has 0 saturated carbocycles. The number of nitrogens with one attached hydrogen (secondary N) is 2. The molecule has 17 heavy (non-hydrogen) atoms. The van der Waals surface area contributed by atoms with Crippen molar-refractivity contribution in [1.82, 2.24) is 15.6 Å². The Bertz CT molecular complexity index is 368. The zero-order chi connectivity index (χ0) is 12.7. The Kier molecular flexibility index (Phi) is 5.37. The van der Waals surface area contributed by atoms with E-state index in [-0.39, 0.29) is 0 Å². The van der Waals surface area contributed by atoms with E-state index >= 15 is 0 Å². The highest BCUT2D eigenvalue weighted by atomic mass is 32.1. The van der Waals surface area contributed by atoms with Gasteiger partial charge in [-0.05, 0) is 0 Å². The summed E-state index contributed by atoms with van der Waals surface area (Å²) in [7, 11) is 0. The van der Waals surface area contributed by atoms with Crippen LogP contribution >= 0.6 is 11.3 Å². The number of hydrogen-bond acceptors (Lipinski definition) is 5. The molecule has 0 spiro atoms. The molecule has 0 radical (unpaired) electrons. The molecule has 0 aliphatic heterocycles. The van der Waals surface area contributed by atoms with Gasteiger partial charge < -0.3 is 20.8 Å². The van der Waals surface area contributed by atoms with Crippen molar-refractivity contribution >= 4 is 23.3 Å². The molecule has 1 atom stereocenters. The van der Waals surface area contributed by atoms with E-state index in [0.717, 1.165) is 5.01 Å². The van der Waals surface area contributed by atoms with Gasteiger partial charge in [-0.25, -0.2) is 14.6 Å². The minimum Gasteiger partial charge on any atom is -0.480 e. The summed E-state index contributed by atoms with van der Waals surface area (Å²) in [5.41, 5.74) is 0. The lowest BCUT2D eigenvalue weighted by Crippen LogP contribution is -2.48. The Balaban J connectivity index is 2.23. The number of urea groups is 1. The third kappa shape index (κ3) is 4.79. The monoisotopic (exact) mass is 259 g/mol. The van der Waals surface area contributed by atoms with Crippen LogP contribution in [-0.2, 0) is 11.2 Å². The van der Waals surface area contributed by atoms with Gasteiger partial charge in [0.1, 0.15) is 0 Å². The van der Waals surface area contributed by atoms with Crippen LogP contribution in [0.4, 0.5) is 4.79 Å². The van der Waals surface area contributed by atoms with E-state index in [1.54, 1.807) is 6.20 Å². The van der Waals surface area contributed by atoms with Crippen LogP contribution in [0.15, 0.2) is 11.6 Å². The number of aliphatic hydroxyl groups is 1. The molecular weight excluding hydrogens is 246 g/mol. The SMILES string of the molecule is O=C(NCCc1nccs1)NC(CO)C(=O)O. The van der Waals surface area contributed by atoms with Crippen LogP contribution in [0, 0.1) is 0 Å². The summed E-state index contributed by atoms with van der Waals surface area (Å²) in [6.07, 6.45) is 2.26. The minimum absolute atomic E-state index is 0.358. The molecule has 4 N–H and O–H groups in total. The summed E-state index contributed by atoms with van der Waals surface area (Å²) in [4.78, 5) is 25.8. The van der Waals surface area contributed by atoms with Crippen molar-refractivity contribution in [3.63, 3.8) is 0 Å². The Hall–Kier alpha value is -1.67. The lowest BCUT2D eigenvalue weighted by molar-refractivity contribution is -0.140. The normalized spacial score (nSPS) is 11.8. The van der Waals surface area contributed by atoms with Gasteiger partial charge in [-0.2, -0.15) is 0 Å². The van der Waals surface area contributed by atoms with Crippen LogP contribution in [0.25, 0.3) is 0 Å². The molecule has 0 saturated heterocycles. The van der Waals surface area contributed by atoms with Crippen molar-refractivity contribution in [2.75, 3.05) is 13.2 Å². The van der Waals surface area contributed by atoms with Gasteiger partial charge in [-0.1, -0.05) is 0 Å². The number of nitrogens with zero attached hydrogens (tertiary/aromatic N) is 1. The highest BCUT2D eigenvalue weighted by Crippen LogP contribution is 2.03. The second kappa shape index (κ2) is 6.81. The summed E-state index contributed by atoms with van der Waals surface area (Å²) in [6, 6.07) is -1.90. The second-order valence-corrected chi connectivity index (χ2v) is 4.13. The van der Waals surface area contributed by atoms with Crippen molar-refractivity contribution in [2.24, 2.45) is 0 Å². The first-order chi connectivity index (χ1) is 8.13. The molecule has 94 valence electrons. The average molecular weight is 259 g/mol. The quantitative estimate of drug-likeness (QED) is 0.546. The van der Waals surface area contributed by atoms with Crippen molar-refractivity contribution in [3.8, 4) is 0 Å². The van der Waals surface area contributed by atoms with E-state index in [2.05, 4.69) is 15.6 Å². The van der Waals surface area contributed by atoms with E-state index in [0.29, 0.717) is 13.0 Å². The number of carboxylic acid groups (broad SMARTS) is 1. The number of carbonyl (C=O) groups is 2. The Labute approximate surface area is 101 Å². The largest absolute Gasteiger partial charge is 0.480 e. The number of carbonyl (C=O) groups excluding carboxylic acids is 1. The topological polar surface area (TPSA) is 112 Å². The van der Waals surface area contributed by atoms with Crippen molar-refractivity contribution < 1.29 is 19.8 Å². The van der Waals surface area contributed by atoms with Gasteiger partial charge in [0.15, 0.2) is 6.04 Å². The molecule has 7 nitrogen and oxygen atoms in total. The predicted molar refractivity (Wildman–Crippen MR) is 60.9 cm³/mol. The summed E-state index contributed by atoms with van der Waals surface area (Å²) >= 11 is 1.48. The number of aliphatic carboxylic acids is 1. The number of carboxylic acids is 1. The lowest BCUT2D eigenvalue weighted by Gasteiger charge is -2.12. The average Bonchev–Trinajstić information content (AvgIpc) is 2.78. The van der Waals surface area contributed by atoms with Crippen molar-refractivity contribution in [1.29, 1.82) is 0 Å². The Morgan fingerprint density at radius 1 is 1.53 bits per heavy atom. The first-order valence-electron chi connectivity index (χ1n) is 4.90. The van der Waals surface area contributed by atoms with E-state index in [1.165, 1.54) is 11.3 Å². The highest BCUT2D eigenvalue weighted by molar-refractivity contribution is 7.09. The first kappa shape index (κ1) is 13.4. The van der Waals surface area contributed by atoms with Crippen LogP contribution in [-0.4, -0.2) is 46.4 Å². The fraction of sp³-hybridized carbons (Fsp3) is 0.444. The summed E-state index contributed by atoms with van der Waals surface area (Å²) in [5.74, 6) is -1.28. The first-order valence-corrected chi connectivity index (χ1v) is 5.78. The Morgan fingerprint density at radius 2 is 2.29 bits per heavy atom. The molecule has 0 aromatic carbocycles. The number of rotatable bonds is 6. The van der Waals surface area contributed by atoms with Gasteiger partial charge in [0.05, 0.1) is 11.6 Å². The van der Waals surface area contributed by atoms with Gasteiger partial charge in [-0.3, -0.25) is 0 Å². The molecule has 0 aliphatic carbocycles. The number of amides is 2. The number of aliphatic hydroxyl groups excluding tert-OH is 1. The molecule has 1 rings (SSSR count). The predicted octanol–water partition coefficient (Wildman–Crippen LogP) is -0.570. The van der Waals surface area contributed by atoms with E-state index < -0.39 is 24.6 Å². The minimum atomic E-state index is -1.28. The third-order valence-electron chi connectivity index (χ3n) is 1.89. The van der Waals surface area contributed by atoms with E-state index in [1.807, 2.05) is 5.38 Å². The van der Waals surface area contributed by atoms with Crippen molar-refractivity contribution in [2.45, 2.75) is 12.5 Å². The molecule has 0 bridgehead atoms. The highest BCUT2D eigenvalue weighted by Gasteiger charge is 2.18. The maximum absolute atomic E-state index is 11.2. The zero-order valence-corrected chi connectivity index (χ0v) is 9.74. The fourth-order valence-corrected chi connectivity index (χ4v) is 1.67. The molecule has 0 fully saturated rings. The van der Waals surface area contributed by atoms with Gasteiger partial charge in [-0.15, -0.1) is 11.3 Å². The summed E-state index contributed by atoms with van der Waals surface area (Å²) in [5, 5.41) is 24.6. The van der Waals surface area contributed by atoms with Crippen molar-refractivity contribution in [3.05, 3.63) is 16.6 Å². The number of thiazole rings is 1. The standard InChI is InChI=1S/C9H13N3O4S/c13-5-6(8(14)15)12-9(16)11-2-1-7-10-3-4-17-7/h3-4,6,13H,1-2,5H2,(H,14,15)(H2,11,12,16). The molecular formula is C9H13N3O4S. The molecule has 1 aromatic rings. The summed E-state index contributed by atoms with van der Waals surface area (Å²) < 4.78 is 0. The van der Waals surface area contributed by atoms with E-state index in [4.69, 9.17) is 10.2 Å².